The average molecular weight is 225 g/mol. The Morgan fingerprint density at radius 1 is 1.33 bits per heavy atom. The van der Waals surface area contributed by atoms with Crippen molar-refractivity contribution in [2.24, 2.45) is 5.73 Å². The summed E-state index contributed by atoms with van der Waals surface area (Å²) in [6.07, 6.45) is 0. The summed E-state index contributed by atoms with van der Waals surface area (Å²) in [5.41, 5.74) is 7.11. The Morgan fingerprint density at radius 3 is 2.60 bits per heavy atom. The summed E-state index contributed by atoms with van der Waals surface area (Å²) in [4.78, 5) is 0. The summed E-state index contributed by atoms with van der Waals surface area (Å²) in [6.45, 7) is 0. The second-order valence-electron chi connectivity index (χ2n) is 3.53. The minimum absolute atomic E-state index is 0.247. The highest BCUT2D eigenvalue weighted by atomic mass is 32.2. The molecule has 2 unspecified atom stereocenters. The van der Waals surface area contributed by atoms with E-state index in [1.165, 1.54) is 5.56 Å². The molecule has 0 radical (unpaired) electrons. The average Bonchev–Trinajstić information content (AvgIpc) is 2.27. The van der Waals surface area contributed by atoms with E-state index >= 15 is 0 Å². The van der Waals surface area contributed by atoms with Crippen LogP contribution in [0.25, 0.3) is 0 Å². The summed E-state index contributed by atoms with van der Waals surface area (Å²) in [5.74, 6) is 2.70. The molecule has 2 atom stereocenters. The zero-order chi connectivity index (χ0) is 10.8. The summed E-state index contributed by atoms with van der Waals surface area (Å²) < 4.78 is 10.5. The quantitative estimate of drug-likeness (QED) is 0.852. The standard InChI is InChI=1S/C11H15NO2S/c1-13-7-3-4-8(10(5-7)14-2)11-9(12)6-15-11/h3-5,9,11H,6,12H2,1-2H3. The summed E-state index contributed by atoms with van der Waals surface area (Å²) in [5, 5.41) is 0.367. The Balaban J connectivity index is 2.30. The summed E-state index contributed by atoms with van der Waals surface area (Å²) >= 11 is 1.86. The van der Waals surface area contributed by atoms with Gasteiger partial charge >= 0.3 is 0 Å². The van der Waals surface area contributed by atoms with E-state index < -0.39 is 0 Å². The maximum atomic E-state index is 5.94. The number of hydrogen-bond donors (Lipinski definition) is 1. The molecule has 1 aliphatic rings. The van der Waals surface area contributed by atoms with E-state index in [4.69, 9.17) is 15.2 Å². The van der Waals surface area contributed by atoms with Crippen molar-refractivity contribution in [1.82, 2.24) is 0 Å². The van der Waals surface area contributed by atoms with Gasteiger partial charge in [0.1, 0.15) is 11.5 Å². The Bertz CT molecular complexity index is 356. The van der Waals surface area contributed by atoms with Crippen molar-refractivity contribution >= 4 is 11.8 Å². The van der Waals surface area contributed by atoms with Crippen molar-refractivity contribution in [3.8, 4) is 11.5 Å². The molecule has 1 aromatic rings. The van der Waals surface area contributed by atoms with Crippen molar-refractivity contribution < 1.29 is 9.47 Å². The van der Waals surface area contributed by atoms with E-state index in [2.05, 4.69) is 0 Å². The lowest BCUT2D eigenvalue weighted by Crippen LogP contribution is -2.37. The van der Waals surface area contributed by atoms with E-state index in [-0.39, 0.29) is 6.04 Å². The van der Waals surface area contributed by atoms with E-state index in [9.17, 15) is 0 Å². The van der Waals surface area contributed by atoms with Crippen molar-refractivity contribution in [2.75, 3.05) is 20.0 Å². The SMILES string of the molecule is COc1ccc(C2SCC2N)c(OC)c1. The molecule has 0 amide bonds. The number of benzene rings is 1. The molecule has 0 aromatic heterocycles. The maximum absolute atomic E-state index is 5.94. The Labute approximate surface area is 93.9 Å². The number of rotatable bonds is 3. The van der Waals surface area contributed by atoms with Crippen LogP contribution in [0.2, 0.25) is 0 Å². The minimum atomic E-state index is 0.247. The predicted octanol–water partition coefficient (Wildman–Crippen LogP) is 1.82. The third kappa shape index (κ3) is 1.92. The van der Waals surface area contributed by atoms with E-state index in [0.717, 1.165) is 17.3 Å². The van der Waals surface area contributed by atoms with Crippen molar-refractivity contribution in [2.45, 2.75) is 11.3 Å². The smallest absolute Gasteiger partial charge is 0.126 e. The first-order valence-corrected chi connectivity index (χ1v) is 5.90. The van der Waals surface area contributed by atoms with Crippen LogP contribution in [0, 0.1) is 0 Å². The van der Waals surface area contributed by atoms with Crippen molar-refractivity contribution in [1.29, 1.82) is 0 Å². The molecule has 1 saturated heterocycles. The number of hydrogen-bond acceptors (Lipinski definition) is 4. The van der Waals surface area contributed by atoms with Gasteiger partial charge in [-0.15, -0.1) is 0 Å². The van der Waals surface area contributed by atoms with Crippen LogP contribution in [0.15, 0.2) is 18.2 Å². The topological polar surface area (TPSA) is 44.5 Å². The van der Waals surface area contributed by atoms with Gasteiger partial charge < -0.3 is 15.2 Å². The molecule has 2 rings (SSSR count). The first-order valence-electron chi connectivity index (χ1n) is 4.85. The number of nitrogens with two attached hydrogens (primary N) is 1. The third-order valence-corrected chi connectivity index (χ3v) is 4.14. The normalized spacial score (nSPS) is 24.5. The first-order chi connectivity index (χ1) is 7.26. The molecule has 0 spiro atoms. The van der Waals surface area contributed by atoms with Crippen LogP contribution in [0.4, 0.5) is 0 Å². The fourth-order valence-corrected chi connectivity index (χ4v) is 2.66. The lowest BCUT2D eigenvalue weighted by molar-refractivity contribution is 0.389. The van der Waals surface area contributed by atoms with E-state index in [0.29, 0.717) is 5.25 Å². The molecule has 0 bridgehead atoms. The summed E-state index contributed by atoms with van der Waals surface area (Å²) in [7, 11) is 3.32. The van der Waals surface area contributed by atoms with Crippen molar-refractivity contribution in [3.05, 3.63) is 23.8 Å². The zero-order valence-electron chi connectivity index (χ0n) is 8.90. The van der Waals surface area contributed by atoms with Crippen molar-refractivity contribution in [3.63, 3.8) is 0 Å². The molecule has 82 valence electrons. The van der Waals surface area contributed by atoms with Crippen LogP contribution < -0.4 is 15.2 Å². The lowest BCUT2D eigenvalue weighted by atomic mass is 10.0. The fraction of sp³-hybridized carbons (Fsp3) is 0.455. The van der Waals surface area contributed by atoms with Crippen LogP contribution in [-0.4, -0.2) is 26.0 Å². The third-order valence-electron chi connectivity index (χ3n) is 2.60. The van der Waals surface area contributed by atoms with E-state index in [1.54, 1.807) is 14.2 Å². The van der Waals surface area contributed by atoms with Crippen LogP contribution >= 0.6 is 11.8 Å². The van der Waals surface area contributed by atoms with Crippen LogP contribution in [0.1, 0.15) is 10.8 Å². The van der Waals surface area contributed by atoms with Crippen LogP contribution in [0.3, 0.4) is 0 Å². The predicted molar refractivity (Wildman–Crippen MR) is 62.7 cm³/mol. The minimum Gasteiger partial charge on any atom is -0.497 e. The summed E-state index contributed by atoms with van der Waals surface area (Å²) in [6, 6.07) is 6.14. The highest BCUT2D eigenvalue weighted by Gasteiger charge is 2.31. The maximum Gasteiger partial charge on any atom is 0.126 e. The van der Waals surface area contributed by atoms with Gasteiger partial charge in [-0.25, -0.2) is 0 Å². The van der Waals surface area contributed by atoms with Gasteiger partial charge in [-0.2, -0.15) is 11.8 Å². The molecule has 2 N–H and O–H groups in total. The second kappa shape index (κ2) is 4.33. The fourth-order valence-electron chi connectivity index (χ4n) is 1.68. The van der Waals surface area contributed by atoms with Gasteiger partial charge in [-0.3, -0.25) is 0 Å². The van der Waals surface area contributed by atoms with Gasteiger partial charge in [-0.05, 0) is 6.07 Å². The molecule has 4 heteroatoms. The van der Waals surface area contributed by atoms with E-state index in [1.807, 2.05) is 30.0 Å². The lowest BCUT2D eigenvalue weighted by Gasteiger charge is -2.34. The zero-order valence-corrected chi connectivity index (χ0v) is 9.71. The van der Waals surface area contributed by atoms with Crippen LogP contribution in [0.5, 0.6) is 11.5 Å². The van der Waals surface area contributed by atoms with Gasteiger partial charge in [0, 0.05) is 28.7 Å². The largest absolute Gasteiger partial charge is 0.497 e. The number of methoxy groups -OCH3 is 2. The molecule has 15 heavy (non-hydrogen) atoms. The molecule has 1 fully saturated rings. The molecule has 0 saturated carbocycles. The molecule has 1 heterocycles. The Morgan fingerprint density at radius 2 is 2.13 bits per heavy atom. The molecule has 1 aromatic carbocycles. The van der Waals surface area contributed by atoms with Gasteiger partial charge in [0.05, 0.1) is 14.2 Å². The monoisotopic (exact) mass is 225 g/mol. The second-order valence-corrected chi connectivity index (χ2v) is 4.70. The first kappa shape index (κ1) is 10.6. The van der Waals surface area contributed by atoms with Crippen LogP contribution in [-0.2, 0) is 0 Å². The van der Waals surface area contributed by atoms with Gasteiger partial charge in [0.15, 0.2) is 0 Å². The molecule has 3 nitrogen and oxygen atoms in total. The Hall–Kier alpha value is -0.870. The van der Waals surface area contributed by atoms with Gasteiger partial charge in [-0.1, -0.05) is 6.07 Å². The Kier molecular flexibility index (Phi) is 3.07. The van der Waals surface area contributed by atoms with Gasteiger partial charge in [0.2, 0.25) is 0 Å². The highest BCUT2D eigenvalue weighted by molar-refractivity contribution is 8.01. The highest BCUT2D eigenvalue weighted by Crippen LogP contribution is 2.45. The molecule has 1 aliphatic heterocycles. The van der Waals surface area contributed by atoms with Gasteiger partial charge in [0.25, 0.3) is 0 Å². The molecular weight excluding hydrogens is 210 g/mol. The number of thioether (sulfide) groups is 1. The molecule has 0 aliphatic carbocycles. The number of ether oxygens (including phenoxy) is 2. The molecular formula is C11H15NO2S.